The third kappa shape index (κ3) is 3.14. The fourth-order valence-corrected chi connectivity index (χ4v) is 2.23. The molecule has 19 heavy (non-hydrogen) atoms. The Morgan fingerprint density at radius 1 is 1.68 bits per heavy atom. The van der Waals surface area contributed by atoms with Crippen LogP contribution in [0.1, 0.15) is 30.1 Å². The number of nitrogens with zero attached hydrogens (tertiary/aromatic N) is 2. The van der Waals surface area contributed by atoms with Gasteiger partial charge in [-0.15, -0.1) is 0 Å². The fraction of sp³-hybridized carbons (Fsp3) is 0.538. The predicted octanol–water partition coefficient (Wildman–Crippen LogP) is 0.802. The fourth-order valence-electron chi connectivity index (χ4n) is 2.23. The highest BCUT2D eigenvalue weighted by molar-refractivity contribution is 5.95. The van der Waals surface area contributed by atoms with Crippen molar-refractivity contribution in [2.45, 2.75) is 25.9 Å². The number of carbonyl (C=O) groups excluding carboxylic acids is 1. The lowest BCUT2D eigenvalue weighted by atomic mass is 10.1. The highest BCUT2D eigenvalue weighted by Gasteiger charge is 2.24. The molecule has 0 aliphatic carbocycles. The van der Waals surface area contributed by atoms with Crippen molar-refractivity contribution >= 4 is 17.5 Å². The van der Waals surface area contributed by atoms with Crippen LogP contribution in [0.25, 0.3) is 0 Å². The van der Waals surface area contributed by atoms with Gasteiger partial charge in [-0.1, -0.05) is 0 Å². The Kier molecular flexibility index (Phi) is 4.21. The average Bonchev–Trinajstić information content (AvgIpc) is 2.39. The van der Waals surface area contributed by atoms with E-state index in [9.17, 15) is 9.90 Å². The minimum absolute atomic E-state index is 0.301. The van der Waals surface area contributed by atoms with Crippen LogP contribution in [0.5, 0.6) is 0 Å². The Morgan fingerprint density at radius 3 is 3.16 bits per heavy atom. The highest BCUT2D eigenvalue weighted by atomic mass is 16.5. The number of pyridine rings is 1. The van der Waals surface area contributed by atoms with Gasteiger partial charge >= 0.3 is 5.97 Å². The summed E-state index contributed by atoms with van der Waals surface area (Å²) in [5.74, 6) is 0.101. The molecule has 0 radical (unpaired) electrons. The minimum atomic E-state index is -0.433. The maximum atomic E-state index is 11.9. The molecule has 6 nitrogen and oxygen atoms in total. The first kappa shape index (κ1) is 13.6. The number of carbonyl (C=O) groups is 1. The molecule has 1 aliphatic rings. The summed E-state index contributed by atoms with van der Waals surface area (Å²) in [5, 5.41) is 9.72. The second-order valence-corrected chi connectivity index (χ2v) is 4.60. The van der Waals surface area contributed by atoms with Crippen LogP contribution < -0.4 is 10.6 Å². The highest BCUT2D eigenvalue weighted by Crippen LogP contribution is 2.24. The number of nitrogen functional groups attached to an aromatic ring is 1. The van der Waals surface area contributed by atoms with Gasteiger partial charge in [0, 0.05) is 13.1 Å². The second kappa shape index (κ2) is 5.88. The quantitative estimate of drug-likeness (QED) is 0.786. The van der Waals surface area contributed by atoms with Gasteiger partial charge in [-0.2, -0.15) is 0 Å². The SMILES string of the molecule is CCOC(=O)c1cc(N)cnc1N1CCCC(O)C1. The molecule has 0 spiro atoms. The Hall–Kier alpha value is -1.82. The summed E-state index contributed by atoms with van der Waals surface area (Å²) in [5.41, 5.74) is 6.46. The lowest BCUT2D eigenvalue weighted by molar-refractivity contribution is 0.0526. The zero-order valence-corrected chi connectivity index (χ0v) is 11.0. The molecule has 1 fully saturated rings. The van der Waals surface area contributed by atoms with Crippen LogP contribution in [-0.2, 0) is 4.74 Å². The molecule has 2 rings (SSSR count). The maximum absolute atomic E-state index is 11.9. The average molecular weight is 265 g/mol. The smallest absolute Gasteiger partial charge is 0.341 e. The molecule has 1 saturated heterocycles. The van der Waals surface area contributed by atoms with Crippen LogP contribution in [-0.4, -0.2) is 41.9 Å². The van der Waals surface area contributed by atoms with Crippen molar-refractivity contribution in [2.24, 2.45) is 0 Å². The molecule has 0 saturated carbocycles. The first-order chi connectivity index (χ1) is 9.11. The number of β-amino-alcohol motifs (C(OH)–C–C–N with tert-alkyl or cyclic N) is 1. The van der Waals surface area contributed by atoms with Gasteiger partial charge in [-0.3, -0.25) is 0 Å². The first-order valence-electron chi connectivity index (χ1n) is 6.47. The summed E-state index contributed by atoms with van der Waals surface area (Å²) >= 11 is 0. The summed E-state index contributed by atoms with van der Waals surface area (Å²) in [4.78, 5) is 18.1. The molecule has 0 bridgehead atoms. The van der Waals surface area contributed by atoms with E-state index in [1.807, 2.05) is 4.90 Å². The summed E-state index contributed by atoms with van der Waals surface area (Å²) in [6.45, 7) is 3.29. The summed E-state index contributed by atoms with van der Waals surface area (Å²) in [6, 6.07) is 1.57. The normalized spacial score (nSPS) is 19.3. The molecule has 1 aromatic heterocycles. The minimum Gasteiger partial charge on any atom is -0.462 e. The van der Waals surface area contributed by atoms with E-state index in [0.29, 0.717) is 30.2 Å². The molecular weight excluding hydrogens is 246 g/mol. The van der Waals surface area contributed by atoms with E-state index in [0.717, 1.165) is 19.4 Å². The molecular formula is C13H19N3O3. The molecule has 3 N–H and O–H groups in total. The van der Waals surface area contributed by atoms with Crippen molar-refractivity contribution in [3.8, 4) is 0 Å². The topological polar surface area (TPSA) is 88.7 Å². The molecule has 1 atom stereocenters. The maximum Gasteiger partial charge on any atom is 0.341 e. The number of piperidine rings is 1. The second-order valence-electron chi connectivity index (χ2n) is 4.60. The van der Waals surface area contributed by atoms with Gasteiger partial charge in [-0.25, -0.2) is 9.78 Å². The largest absolute Gasteiger partial charge is 0.462 e. The first-order valence-corrected chi connectivity index (χ1v) is 6.47. The van der Waals surface area contributed by atoms with Crippen molar-refractivity contribution in [1.82, 2.24) is 4.98 Å². The van der Waals surface area contributed by atoms with Gasteiger partial charge in [-0.05, 0) is 25.8 Å². The zero-order chi connectivity index (χ0) is 13.8. The number of nitrogens with two attached hydrogens (primary N) is 1. The number of esters is 1. The van der Waals surface area contributed by atoms with Gasteiger partial charge in [0.1, 0.15) is 11.4 Å². The van der Waals surface area contributed by atoms with Crippen molar-refractivity contribution in [3.05, 3.63) is 17.8 Å². The van der Waals surface area contributed by atoms with Crippen molar-refractivity contribution < 1.29 is 14.6 Å². The Bertz CT molecular complexity index is 464. The van der Waals surface area contributed by atoms with E-state index in [1.54, 1.807) is 13.0 Å². The van der Waals surface area contributed by atoms with E-state index in [4.69, 9.17) is 10.5 Å². The molecule has 0 aromatic carbocycles. The molecule has 6 heteroatoms. The predicted molar refractivity (Wildman–Crippen MR) is 72.1 cm³/mol. The number of aliphatic hydroxyl groups is 1. The molecule has 0 amide bonds. The zero-order valence-electron chi connectivity index (χ0n) is 11.0. The number of anilines is 2. The monoisotopic (exact) mass is 265 g/mol. The number of aliphatic hydroxyl groups excluding tert-OH is 1. The third-order valence-corrected chi connectivity index (χ3v) is 3.08. The lowest BCUT2D eigenvalue weighted by Gasteiger charge is -2.32. The van der Waals surface area contributed by atoms with Gasteiger partial charge in [0.2, 0.25) is 0 Å². The van der Waals surface area contributed by atoms with Gasteiger partial charge in [0.15, 0.2) is 0 Å². The van der Waals surface area contributed by atoms with E-state index < -0.39 is 5.97 Å². The van der Waals surface area contributed by atoms with Crippen LogP contribution in [0, 0.1) is 0 Å². The lowest BCUT2D eigenvalue weighted by Crippen LogP contribution is -2.39. The molecule has 1 unspecified atom stereocenters. The van der Waals surface area contributed by atoms with E-state index in [-0.39, 0.29) is 6.10 Å². The summed E-state index contributed by atoms with van der Waals surface area (Å²) in [6.07, 6.45) is 2.78. The van der Waals surface area contributed by atoms with Gasteiger partial charge in [0.05, 0.1) is 24.6 Å². The van der Waals surface area contributed by atoms with Crippen LogP contribution in [0.2, 0.25) is 0 Å². The van der Waals surface area contributed by atoms with Crippen LogP contribution >= 0.6 is 0 Å². The van der Waals surface area contributed by atoms with E-state index in [1.165, 1.54) is 6.20 Å². The van der Waals surface area contributed by atoms with E-state index in [2.05, 4.69) is 4.98 Å². The van der Waals surface area contributed by atoms with Crippen LogP contribution in [0.3, 0.4) is 0 Å². The number of hydrogen-bond donors (Lipinski definition) is 2. The standard InChI is InChI=1S/C13H19N3O3/c1-2-19-13(18)11-6-9(14)7-15-12(11)16-5-3-4-10(17)8-16/h6-7,10,17H,2-5,8,14H2,1H3. The molecule has 2 heterocycles. The molecule has 104 valence electrons. The van der Waals surface area contributed by atoms with Crippen LogP contribution in [0.4, 0.5) is 11.5 Å². The Balaban J connectivity index is 2.30. The van der Waals surface area contributed by atoms with Crippen molar-refractivity contribution in [2.75, 3.05) is 30.3 Å². The number of hydrogen-bond acceptors (Lipinski definition) is 6. The Labute approximate surface area is 112 Å². The van der Waals surface area contributed by atoms with Gasteiger partial charge in [0.25, 0.3) is 0 Å². The number of rotatable bonds is 3. The van der Waals surface area contributed by atoms with Gasteiger partial charge < -0.3 is 20.5 Å². The number of aromatic nitrogens is 1. The van der Waals surface area contributed by atoms with Crippen molar-refractivity contribution in [3.63, 3.8) is 0 Å². The summed E-state index contributed by atoms with van der Waals surface area (Å²) in [7, 11) is 0. The molecule has 1 aliphatic heterocycles. The van der Waals surface area contributed by atoms with Crippen molar-refractivity contribution in [1.29, 1.82) is 0 Å². The third-order valence-electron chi connectivity index (χ3n) is 3.08. The van der Waals surface area contributed by atoms with E-state index >= 15 is 0 Å². The Morgan fingerprint density at radius 2 is 2.47 bits per heavy atom. The molecule has 1 aromatic rings. The summed E-state index contributed by atoms with van der Waals surface area (Å²) < 4.78 is 5.02. The van der Waals surface area contributed by atoms with Crippen LogP contribution in [0.15, 0.2) is 12.3 Å². The number of ether oxygens (including phenoxy) is 1.